The number of rotatable bonds is 12. The molecule has 0 radical (unpaired) electrons. The van der Waals surface area contributed by atoms with E-state index in [1.54, 1.807) is 12.1 Å². The Morgan fingerprint density at radius 3 is 1.77 bits per heavy atom. The van der Waals surface area contributed by atoms with Crippen LogP contribution in [-0.4, -0.2) is 17.9 Å². The molecule has 0 atom stereocenters. The van der Waals surface area contributed by atoms with Gasteiger partial charge in [0.15, 0.2) is 0 Å². The van der Waals surface area contributed by atoms with Crippen molar-refractivity contribution in [2.75, 3.05) is 11.9 Å². The van der Waals surface area contributed by atoms with Crippen molar-refractivity contribution < 1.29 is 26.6 Å². The van der Waals surface area contributed by atoms with Gasteiger partial charge in [-0.3, -0.25) is 4.79 Å². The topological polar surface area (TPSA) is 26.3 Å². The first-order chi connectivity index (χ1) is 12.3. The molecule has 26 heavy (non-hydrogen) atoms. The molecule has 2 rings (SSSR count). The third-order valence-corrected chi connectivity index (χ3v) is 4.53. The summed E-state index contributed by atoms with van der Waals surface area (Å²) in [7, 11) is 0. The van der Waals surface area contributed by atoms with Gasteiger partial charge in [-0.2, -0.15) is 30.3 Å². The minimum Gasteiger partial charge on any atom is -0.471 e. The fraction of sp³-hybridized carbons (Fsp3) is 0.500. The number of ether oxygens (including phenoxy) is 1. The Labute approximate surface area is 178 Å². The average Bonchev–Trinajstić information content (AvgIpc) is 3.35. The Bertz CT molecular complexity index is 477. The number of carbonyl (C=O) groups is 1. The van der Waals surface area contributed by atoms with Gasteiger partial charge in [0.2, 0.25) is 0 Å². The van der Waals surface area contributed by atoms with Gasteiger partial charge in [-0.05, 0) is 12.8 Å². The van der Waals surface area contributed by atoms with Crippen molar-refractivity contribution in [1.29, 1.82) is 0 Å². The van der Waals surface area contributed by atoms with Crippen molar-refractivity contribution in [2.24, 2.45) is 0 Å². The molecule has 0 aliphatic rings. The SMILES string of the molecule is O=C(OCCCCCCCCCCCBr)[c-]1cccc1.[Fe].c1cc[cH-]c1. The van der Waals surface area contributed by atoms with E-state index in [0.29, 0.717) is 12.2 Å². The molecule has 0 aliphatic carbocycles. The van der Waals surface area contributed by atoms with Crippen LogP contribution >= 0.6 is 15.9 Å². The van der Waals surface area contributed by atoms with Crippen LogP contribution in [0.5, 0.6) is 0 Å². The molecule has 0 saturated heterocycles. The normalized spacial score (nSPS) is 9.73. The zero-order valence-corrected chi connectivity index (χ0v) is 18.2. The number of carbonyl (C=O) groups excluding carboxylic acids is 1. The second-order valence-corrected chi connectivity index (χ2v) is 6.94. The first-order valence-corrected chi connectivity index (χ1v) is 10.6. The van der Waals surface area contributed by atoms with Crippen molar-refractivity contribution in [3.63, 3.8) is 0 Å². The van der Waals surface area contributed by atoms with Crippen LogP contribution in [0.1, 0.15) is 68.1 Å². The molecular formula is C22H31BrFeO2-2. The molecule has 148 valence electrons. The van der Waals surface area contributed by atoms with E-state index in [4.69, 9.17) is 4.74 Å². The molecule has 0 amide bonds. The monoisotopic (exact) mass is 462 g/mol. The van der Waals surface area contributed by atoms with Crippen LogP contribution in [0.2, 0.25) is 0 Å². The smallest absolute Gasteiger partial charge is 0.281 e. The fourth-order valence-corrected chi connectivity index (χ4v) is 2.91. The molecule has 0 fully saturated rings. The second kappa shape index (κ2) is 18.9. The van der Waals surface area contributed by atoms with Crippen LogP contribution in [0.3, 0.4) is 0 Å². The largest absolute Gasteiger partial charge is 0.471 e. The molecule has 4 heteroatoms. The van der Waals surface area contributed by atoms with Crippen molar-refractivity contribution in [3.05, 3.63) is 60.2 Å². The molecule has 2 aromatic rings. The molecule has 0 aromatic heterocycles. The van der Waals surface area contributed by atoms with E-state index in [-0.39, 0.29) is 23.0 Å². The number of hydrogen-bond donors (Lipinski definition) is 0. The predicted molar refractivity (Wildman–Crippen MR) is 110 cm³/mol. The van der Waals surface area contributed by atoms with Gasteiger partial charge in [0.05, 0.1) is 6.61 Å². The minimum absolute atomic E-state index is 0. The van der Waals surface area contributed by atoms with Gasteiger partial charge < -0.3 is 4.74 Å². The Hall–Kier alpha value is -0.831. The minimum atomic E-state index is -0.193. The maximum absolute atomic E-state index is 11.5. The number of esters is 1. The van der Waals surface area contributed by atoms with Crippen molar-refractivity contribution in [2.45, 2.75) is 57.8 Å². The Morgan fingerprint density at radius 1 is 0.808 bits per heavy atom. The molecule has 0 unspecified atom stereocenters. The molecular weight excluding hydrogens is 432 g/mol. The van der Waals surface area contributed by atoms with Gasteiger partial charge in [0.1, 0.15) is 0 Å². The van der Waals surface area contributed by atoms with E-state index in [2.05, 4.69) is 15.9 Å². The maximum Gasteiger partial charge on any atom is 0.281 e. The first-order valence-electron chi connectivity index (χ1n) is 9.46. The van der Waals surface area contributed by atoms with Crippen LogP contribution < -0.4 is 0 Å². The summed E-state index contributed by atoms with van der Waals surface area (Å²) in [5.41, 5.74) is 0.661. The third kappa shape index (κ3) is 14.4. The second-order valence-electron chi connectivity index (χ2n) is 6.14. The van der Waals surface area contributed by atoms with E-state index < -0.39 is 0 Å². The van der Waals surface area contributed by atoms with Gasteiger partial charge in [-0.15, -0.1) is 0 Å². The summed E-state index contributed by atoms with van der Waals surface area (Å²) in [6.07, 6.45) is 11.4. The van der Waals surface area contributed by atoms with Crippen molar-refractivity contribution >= 4 is 21.9 Å². The summed E-state index contributed by atoms with van der Waals surface area (Å²) in [4.78, 5) is 11.5. The van der Waals surface area contributed by atoms with Crippen LogP contribution in [0.15, 0.2) is 54.6 Å². The van der Waals surface area contributed by atoms with E-state index >= 15 is 0 Å². The molecule has 2 aromatic carbocycles. The molecule has 0 saturated carbocycles. The third-order valence-electron chi connectivity index (χ3n) is 3.97. The molecule has 2 nitrogen and oxygen atoms in total. The van der Waals surface area contributed by atoms with Crippen LogP contribution in [0.4, 0.5) is 0 Å². The zero-order chi connectivity index (χ0) is 18.0. The summed E-state index contributed by atoms with van der Waals surface area (Å²) < 4.78 is 5.22. The summed E-state index contributed by atoms with van der Waals surface area (Å²) in [5, 5.41) is 1.14. The predicted octanol–water partition coefficient (Wildman–Crippen LogP) is 6.87. The Kier molecular flexibility index (Phi) is 18.3. The Balaban J connectivity index is 0.000000893. The van der Waals surface area contributed by atoms with Crippen LogP contribution in [0.25, 0.3) is 0 Å². The molecule has 0 aliphatic heterocycles. The van der Waals surface area contributed by atoms with E-state index in [1.807, 2.05) is 42.5 Å². The van der Waals surface area contributed by atoms with Gasteiger partial charge in [0, 0.05) is 22.4 Å². The maximum atomic E-state index is 11.5. The quantitative estimate of drug-likeness (QED) is 0.113. The van der Waals surface area contributed by atoms with Gasteiger partial charge >= 0.3 is 0 Å². The number of alkyl halides is 1. The summed E-state index contributed by atoms with van der Waals surface area (Å²) in [5.74, 6) is -0.193. The van der Waals surface area contributed by atoms with Gasteiger partial charge in [0.25, 0.3) is 5.97 Å². The van der Waals surface area contributed by atoms with E-state index in [0.717, 1.165) is 18.2 Å². The first kappa shape index (κ1) is 25.2. The zero-order valence-electron chi connectivity index (χ0n) is 15.5. The molecule has 0 bridgehead atoms. The Morgan fingerprint density at radius 2 is 1.31 bits per heavy atom. The number of hydrogen-bond acceptors (Lipinski definition) is 2. The van der Waals surface area contributed by atoms with E-state index in [1.165, 1.54) is 44.9 Å². The summed E-state index contributed by atoms with van der Waals surface area (Å²) >= 11 is 3.45. The fourth-order valence-electron chi connectivity index (χ4n) is 2.51. The van der Waals surface area contributed by atoms with Gasteiger partial charge in [-0.1, -0.05) is 66.4 Å². The average molecular weight is 463 g/mol. The van der Waals surface area contributed by atoms with Crippen LogP contribution in [0, 0.1) is 0 Å². The summed E-state index contributed by atoms with van der Waals surface area (Å²) in [6.45, 7) is 0.551. The van der Waals surface area contributed by atoms with Crippen molar-refractivity contribution in [3.8, 4) is 0 Å². The van der Waals surface area contributed by atoms with Crippen LogP contribution in [-0.2, 0) is 21.8 Å². The number of halogens is 1. The molecule has 0 spiro atoms. The van der Waals surface area contributed by atoms with E-state index in [9.17, 15) is 4.79 Å². The molecule has 0 heterocycles. The van der Waals surface area contributed by atoms with Crippen molar-refractivity contribution in [1.82, 2.24) is 0 Å². The summed E-state index contributed by atoms with van der Waals surface area (Å²) in [6, 6.07) is 17.3. The standard InChI is InChI=1S/C17H26BrO2.C5H5.Fe/c18-14-10-6-4-2-1-3-5-7-11-15-20-17(19)16-12-8-9-13-16;1-2-4-5-3-1;/h8-9,12-13H,1-7,10-11,14-15H2;1-5H;/q2*-1;. The number of unbranched alkanes of at least 4 members (excludes halogenated alkanes) is 8. The van der Waals surface area contributed by atoms with Gasteiger partial charge in [-0.25, -0.2) is 24.3 Å². The molecule has 0 N–H and O–H groups in total.